The molecule has 0 bridgehead atoms. The summed E-state index contributed by atoms with van der Waals surface area (Å²) in [4.78, 5) is 30.6. The first-order valence-corrected chi connectivity index (χ1v) is 11.7. The predicted molar refractivity (Wildman–Crippen MR) is 140 cm³/mol. The zero-order valence-corrected chi connectivity index (χ0v) is 21.2. The smallest absolute Gasteiger partial charge is 0.233 e. The van der Waals surface area contributed by atoms with Crippen molar-refractivity contribution in [3.8, 4) is 5.75 Å². The van der Waals surface area contributed by atoms with E-state index in [0.717, 1.165) is 6.42 Å². The number of aliphatic imine (C=N–C) groups is 1. The topological polar surface area (TPSA) is 92.3 Å². The number of methoxy groups -OCH3 is 1. The molecule has 0 aliphatic carbocycles. The summed E-state index contributed by atoms with van der Waals surface area (Å²) < 4.78 is 25.5. The minimum atomic E-state index is -0.526. The van der Waals surface area contributed by atoms with Gasteiger partial charge in [-0.15, -0.1) is 0 Å². The zero-order chi connectivity index (χ0) is 26.3. The van der Waals surface area contributed by atoms with Gasteiger partial charge in [0.1, 0.15) is 24.6 Å². The second-order valence-corrected chi connectivity index (χ2v) is 9.04. The lowest BCUT2D eigenvalue weighted by atomic mass is 9.88. The molecule has 0 radical (unpaired) electrons. The van der Waals surface area contributed by atoms with Crippen LogP contribution in [0.4, 0.5) is 21.5 Å². The highest BCUT2D eigenvalue weighted by atomic mass is 19.1. The Morgan fingerprint density at radius 3 is 2.39 bits per heavy atom. The van der Waals surface area contributed by atoms with Crippen LogP contribution in [0.5, 0.6) is 5.75 Å². The van der Waals surface area contributed by atoms with Crippen LogP contribution in [0.25, 0.3) is 5.70 Å². The van der Waals surface area contributed by atoms with Crippen molar-refractivity contribution in [1.29, 1.82) is 0 Å². The summed E-state index contributed by atoms with van der Waals surface area (Å²) in [6.45, 7) is 11.0. The first-order chi connectivity index (χ1) is 17.1. The molecule has 1 aliphatic heterocycles. The molecule has 9 heteroatoms. The van der Waals surface area contributed by atoms with Gasteiger partial charge in [0.25, 0.3) is 0 Å². The number of carbonyl (C=O) groups excluding carboxylic acids is 2. The number of likely N-dealkylation sites (tertiary alicyclic amines) is 1. The number of nitrogens with one attached hydrogen (secondary N) is 2. The van der Waals surface area contributed by atoms with Gasteiger partial charge in [-0.25, -0.2) is 4.39 Å². The number of benzene rings is 2. The van der Waals surface area contributed by atoms with Crippen LogP contribution in [-0.4, -0.2) is 55.3 Å². The van der Waals surface area contributed by atoms with Crippen molar-refractivity contribution in [3.63, 3.8) is 0 Å². The summed E-state index contributed by atoms with van der Waals surface area (Å²) in [7, 11) is 1.56. The molecule has 1 saturated heterocycles. The van der Waals surface area contributed by atoms with Gasteiger partial charge in [0.15, 0.2) is 0 Å². The van der Waals surface area contributed by atoms with Gasteiger partial charge in [0.05, 0.1) is 17.9 Å². The molecular formula is C27H33FN4O4. The standard InChI is InChI=1S/C27H33FN4O4/c1-6-29-23-16-21(36-14-13-35-5)15-22(28)26(23)18(2)30-19-7-9-20(10-8-19)31-24(33)17-25(34)32-12-11-27(32,3)4/h6-10,15-16,30H,2,11-14,17H2,1,3-5H3,(H,31,33). The van der Waals surface area contributed by atoms with E-state index in [1.54, 1.807) is 55.5 Å². The van der Waals surface area contributed by atoms with E-state index in [2.05, 4.69) is 22.2 Å². The molecule has 0 atom stereocenters. The maximum absolute atomic E-state index is 15.0. The third-order valence-corrected chi connectivity index (χ3v) is 5.92. The van der Waals surface area contributed by atoms with Crippen molar-refractivity contribution in [2.24, 2.45) is 4.99 Å². The molecule has 3 rings (SSSR count). The maximum atomic E-state index is 15.0. The van der Waals surface area contributed by atoms with Crippen LogP contribution < -0.4 is 15.4 Å². The lowest BCUT2D eigenvalue weighted by Gasteiger charge is -2.48. The molecule has 0 spiro atoms. The summed E-state index contributed by atoms with van der Waals surface area (Å²) in [6, 6.07) is 9.77. The molecule has 1 aliphatic rings. The summed E-state index contributed by atoms with van der Waals surface area (Å²) >= 11 is 0. The van der Waals surface area contributed by atoms with E-state index in [9.17, 15) is 14.0 Å². The Balaban J connectivity index is 1.63. The van der Waals surface area contributed by atoms with Gasteiger partial charge < -0.3 is 25.0 Å². The number of anilines is 2. The molecule has 36 heavy (non-hydrogen) atoms. The van der Waals surface area contributed by atoms with E-state index in [0.29, 0.717) is 41.7 Å². The summed E-state index contributed by atoms with van der Waals surface area (Å²) in [5.74, 6) is -0.731. The SMILES string of the molecule is C=C(Nc1ccc(NC(=O)CC(=O)N2CCC2(C)C)cc1)c1c(F)cc(OCCOC)cc1N=CC. The van der Waals surface area contributed by atoms with Crippen LogP contribution in [0.3, 0.4) is 0 Å². The summed E-state index contributed by atoms with van der Waals surface area (Å²) in [5.41, 5.74) is 1.91. The second kappa shape index (κ2) is 11.8. The van der Waals surface area contributed by atoms with Crippen molar-refractivity contribution in [1.82, 2.24) is 4.90 Å². The minimum Gasteiger partial charge on any atom is -0.491 e. The van der Waals surface area contributed by atoms with Crippen molar-refractivity contribution < 1.29 is 23.5 Å². The molecule has 0 unspecified atom stereocenters. The average Bonchev–Trinajstić information content (AvgIpc) is 2.79. The molecular weight excluding hydrogens is 463 g/mol. The van der Waals surface area contributed by atoms with Crippen LogP contribution in [0.15, 0.2) is 48.0 Å². The van der Waals surface area contributed by atoms with Gasteiger partial charge in [-0.05, 0) is 51.5 Å². The molecule has 0 saturated carbocycles. The molecule has 0 aromatic heterocycles. The van der Waals surface area contributed by atoms with E-state index in [1.807, 2.05) is 13.8 Å². The fourth-order valence-electron chi connectivity index (χ4n) is 3.88. The Morgan fingerprint density at radius 2 is 1.83 bits per heavy atom. The Bertz CT molecular complexity index is 1150. The van der Waals surface area contributed by atoms with Gasteiger partial charge in [0, 0.05) is 54.6 Å². The number of ether oxygens (including phenoxy) is 2. The number of halogens is 1. The summed E-state index contributed by atoms with van der Waals surface area (Å²) in [5, 5.41) is 5.82. The molecule has 1 heterocycles. The lowest BCUT2D eigenvalue weighted by molar-refractivity contribution is -0.146. The van der Waals surface area contributed by atoms with E-state index in [4.69, 9.17) is 9.47 Å². The highest BCUT2D eigenvalue weighted by Gasteiger charge is 2.39. The number of amides is 2. The number of rotatable bonds is 11. The maximum Gasteiger partial charge on any atom is 0.233 e. The van der Waals surface area contributed by atoms with E-state index in [-0.39, 0.29) is 35.9 Å². The largest absolute Gasteiger partial charge is 0.491 e. The lowest BCUT2D eigenvalue weighted by Crippen LogP contribution is -2.58. The van der Waals surface area contributed by atoms with Gasteiger partial charge in [-0.2, -0.15) is 0 Å². The van der Waals surface area contributed by atoms with Crippen molar-refractivity contribution >= 4 is 40.8 Å². The van der Waals surface area contributed by atoms with Crippen molar-refractivity contribution in [2.45, 2.75) is 39.2 Å². The van der Waals surface area contributed by atoms with Crippen molar-refractivity contribution in [2.75, 3.05) is 37.5 Å². The van der Waals surface area contributed by atoms with E-state index >= 15 is 0 Å². The van der Waals surface area contributed by atoms with E-state index in [1.165, 1.54) is 6.07 Å². The first kappa shape index (κ1) is 26.9. The first-order valence-electron chi connectivity index (χ1n) is 11.7. The van der Waals surface area contributed by atoms with Gasteiger partial charge >= 0.3 is 0 Å². The van der Waals surface area contributed by atoms with Gasteiger partial charge in [-0.3, -0.25) is 14.6 Å². The van der Waals surface area contributed by atoms with Crippen molar-refractivity contribution in [3.05, 3.63) is 54.4 Å². The van der Waals surface area contributed by atoms with E-state index < -0.39 is 5.82 Å². The molecule has 1 fully saturated rings. The van der Waals surface area contributed by atoms with Crippen LogP contribution in [0.2, 0.25) is 0 Å². The molecule has 8 nitrogen and oxygen atoms in total. The number of nitrogens with zero attached hydrogens (tertiary/aromatic N) is 2. The minimum absolute atomic E-state index is 0.180. The Labute approximate surface area is 211 Å². The zero-order valence-electron chi connectivity index (χ0n) is 21.2. The van der Waals surface area contributed by atoms with Gasteiger partial charge in [-0.1, -0.05) is 6.58 Å². The Morgan fingerprint density at radius 1 is 1.17 bits per heavy atom. The fraction of sp³-hybridized carbons (Fsp3) is 0.370. The van der Waals surface area contributed by atoms with Crippen LogP contribution in [-0.2, 0) is 14.3 Å². The summed E-state index contributed by atoms with van der Waals surface area (Å²) in [6.07, 6.45) is 2.30. The van der Waals surface area contributed by atoms with Crippen LogP contribution in [0, 0.1) is 5.82 Å². The number of hydrogen-bond donors (Lipinski definition) is 2. The highest BCUT2D eigenvalue weighted by Crippen LogP contribution is 2.34. The quantitative estimate of drug-likeness (QED) is 0.260. The molecule has 2 N–H and O–H groups in total. The molecule has 2 amide bonds. The molecule has 192 valence electrons. The molecule has 2 aromatic rings. The fourth-order valence-corrected chi connectivity index (χ4v) is 3.88. The Hall–Kier alpha value is -3.72. The van der Waals surface area contributed by atoms with Crippen LogP contribution >= 0.6 is 0 Å². The average molecular weight is 497 g/mol. The predicted octanol–water partition coefficient (Wildman–Crippen LogP) is 5.00. The number of carbonyl (C=O) groups is 2. The normalized spacial score (nSPS) is 14.3. The molecule has 2 aromatic carbocycles. The highest BCUT2D eigenvalue weighted by molar-refractivity contribution is 6.04. The van der Waals surface area contributed by atoms with Crippen LogP contribution in [0.1, 0.15) is 39.2 Å². The second-order valence-electron chi connectivity index (χ2n) is 9.04. The number of hydrogen-bond acceptors (Lipinski definition) is 6. The third kappa shape index (κ3) is 6.69. The van der Waals surface area contributed by atoms with Gasteiger partial charge in [0.2, 0.25) is 11.8 Å². The monoisotopic (exact) mass is 496 g/mol. The third-order valence-electron chi connectivity index (χ3n) is 5.92. The Kier molecular flexibility index (Phi) is 8.82.